The summed E-state index contributed by atoms with van der Waals surface area (Å²) < 4.78 is 0. The van der Waals surface area contributed by atoms with Crippen LogP contribution in [-0.2, 0) is 176 Å². The van der Waals surface area contributed by atoms with E-state index in [0.717, 1.165) is 70.3 Å². The summed E-state index contributed by atoms with van der Waals surface area (Å²) in [5.41, 5.74) is 28.6. The molecule has 23 aromatic rings. The van der Waals surface area contributed by atoms with Crippen molar-refractivity contribution in [1.82, 2.24) is 0 Å². The smallest absolute Gasteiger partial charge is 0.00140 e. The molecule has 0 saturated heterocycles. The third-order valence-electron chi connectivity index (χ3n) is 26.1. The van der Waals surface area contributed by atoms with E-state index in [2.05, 4.69) is 455 Å². The zero-order chi connectivity index (χ0) is 86.9. The summed E-state index contributed by atoms with van der Waals surface area (Å²) in [5, 5.41) is 30.0. The van der Waals surface area contributed by atoms with Crippen LogP contribution in [0.3, 0.4) is 0 Å². The Hall–Kier alpha value is -9.59. The Kier molecular flexibility index (Phi) is 30.2. The molecule has 0 amide bonds. The van der Waals surface area contributed by atoms with E-state index in [-0.39, 0.29) is 131 Å². The number of rotatable bonds is 12. The quantitative estimate of drug-likeness (QED) is 0.0845. The van der Waals surface area contributed by atoms with Crippen LogP contribution in [0.15, 0.2) is 413 Å². The van der Waals surface area contributed by atoms with Crippen LogP contribution >= 0.6 is 33.9 Å². The summed E-state index contributed by atoms with van der Waals surface area (Å²) in [6, 6.07) is 177. The molecular weight excluding hydrogens is 2000 g/mol. The van der Waals surface area contributed by atoms with Gasteiger partial charge in [-0.05, 0) is 177 Å². The van der Waals surface area contributed by atoms with E-state index < -0.39 is 0 Å². The van der Waals surface area contributed by atoms with Gasteiger partial charge in [0.05, 0.1) is 0 Å². The zero-order valence-corrected chi connectivity index (χ0v) is 89.9. The second-order valence-electron chi connectivity index (χ2n) is 34.7. The van der Waals surface area contributed by atoms with Crippen molar-refractivity contribution < 1.29 is 131 Å². The maximum Gasteiger partial charge on any atom is 0.00140 e. The van der Waals surface area contributed by atoms with Gasteiger partial charge in [-0.25, -0.2) is 0 Å². The average molecular weight is 2090 g/mol. The maximum atomic E-state index is 3.57. The molecule has 4 unspecified atom stereocenters. The molecule has 0 aliphatic carbocycles. The molecule has 26 rings (SSSR count). The largest absolute Gasteiger partial charge is 0.180 e. The molecule has 4 heterocycles. The van der Waals surface area contributed by atoms with E-state index in [1.54, 1.807) is 0 Å². The van der Waals surface area contributed by atoms with Crippen LogP contribution < -0.4 is 31.8 Å². The van der Waals surface area contributed by atoms with E-state index >= 15 is 0 Å². The summed E-state index contributed by atoms with van der Waals surface area (Å²) in [7, 11) is 2.96. The van der Waals surface area contributed by atoms with Crippen LogP contribution in [0.2, 0.25) is 0 Å². The summed E-state index contributed by atoms with van der Waals surface area (Å²) >= 11 is 0. The van der Waals surface area contributed by atoms with Crippen LogP contribution in [0, 0.1) is 48.5 Å². The van der Waals surface area contributed by atoms with Crippen LogP contribution in [0.25, 0.3) is 130 Å². The van der Waals surface area contributed by atoms with E-state index in [0.29, 0.717) is 8.58 Å². The van der Waals surface area contributed by atoms with Gasteiger partial charge >= 0.3 is 0 Å². The molecule has 0 bridgehead atoms. The number of fused-ring (bicyclic) bond motifs is 17. The zero-order valence-electron chi connectivity index (χ0n) is 74.5. The minimum Gasteiger partial charge on any atom is -0.180 e. The van der Waals surface area contributed by atoms with E-state index in [9.17, 15) is 0 Å². The van der Waals surface area contributed by atoms with Gasteiger partial charge in [-0.2, -0.15) is 191 Å². The molecule has 634 valence electrons. The molecular formula is C127H86P4Y4-8. The molecule has 4 atom stereocenters. The number of benzene rings is 22. The molecule has 4 radical (unpaired) electrons. The minimum absolute atomic E-state index is 0. The number of hydrogen-bond donors (Lipinski definition) is 0. The third-order valence-corrected chi connectivity index (χ3v) is 32.1. The molecule has 3 aliphatic heterocycles. The fourth-order valence-corrected chi connectivity index (χ4v) is 24.8. The van der Waals surface area contributed by atoms with E-state index in [1.807, 2.05) is 6.07 Å². The Labute approximate surface area is 899 Å². The van der Waals surface area contributed by atoms with Crippen LogP contribution in [0.1, 0.15) is 77.9 Å². The molecule has 0 fully saturated rings. The van der Waals surface area contributed by atoms with Crippen molar-refractivity contribution in [2.75, 3.05) is 0 Å². The first kappa shape index (κ1) is 94.4. The van der Waals surface area contributed by atoms with Gasteiger partial charge in [0, 0.05) is 141 Å². The summed E-state index contributed by atoms with van der Waals surface area (Å²) in [4.78, 5) is 0. The second-order valence-corrected chi connectivity index (χ2v) is 39.9. The Balaban J connectivity index is 0.000000115. The Morgan fingerprint density at radius 1 is 0.215 bits per heavy atom. The van der Waals surface area contributed by atoms with Crippen molar-refractivity contribution in [3.63, 3.8) is 0 Å². The molecule has 1 aromatic heterocycles. The predicted octanol–water partition coefficient (Wildman–Crippen LogP) is 29.0. The van der Waals surface area contributed by atoms with Crippen LogP contribution in [-0.4, -0.2) is 0 Å². The van der Waals surface area contributed by atoms with Gasteiger partial charge in [-0.1, -0.05) is 274 Å². The average Bonchev–Trinajstić information content (AvgIpc) is 1.64. The first-order chi connectivity index (χ1) is 64.8. The van der Waals surface area contributed by atoms with Gasteiger partial charge in [0.15, 0.2) is 0 Å². The SMILES string of the molecule is [Y].[Y].[Y].[Y].[c-]1ccc(-c2ccc3[pH]c4ccc5ccccc5c4c3c2)cc1Cc1[c-]cc2ccccc2c1.[c-]1ccc(-c2ccc3c(c2)Cc2ccc4ccccc4c2P3)cc1Cc1[c-]ccc2ccccc12.[c-]1ccc(-c2ccc3c(c2)Cc2ccccc2P3)cc1Cc1[c-]c2ccccc2cc1.[c-]1ccc(-c2ccc3c(c2)Cc2ccccc2P3)cc1Cc1[c-]cc2ccccc2c1. The van der Waals surface area contributed by atoms with Crippen molar-refractivity contribution in [3.05, 3.63) is 539 Å². The molecule has 3 aliphatic rings. The second kappa shape index (κ2) is 43.2. The Bertz CT molecular complexity index is 8130. The molecule has 0 N–H and O–H groups in total. The predicted molar refractivity (Wildman–Crippen MR) is 565 cm³/mol. The van der Waals surface area contributed by atoms with E-state index in [1.165, 1.54) is 240 Å². The van der Waals surface area contributed by atoms with Crippen LogP contribution in [0.4, 0.5) is 0 Å². The molecule has 0 nitrogen and oxygen atoms in total. The van der Waals surface area contributed by atoms with Crippen molar-refractivity contribution >= 4 is 151 Å². The Morgan fingerprint density at radius 2 is 0.593 bits per heavy atom. The van der Waals surface area contributed by atoms with Gasteiger partial charge in [0.1, 0.15) is 0 Å². The van der Waals surface area contributed by atoms with Gasteiger partial charge in [0.2, 0.25) is 0 Å². The monoisotopic (exact) mass is 2090 g/mol. The molecule has 135 heavy (non-hydrogen) atoms. The molecule has 0 spiro atoms. The Morgan fingerprint density at radius 3 is 1.15 bits per heavy atom. The van der Waals surface area contributed by atoms with Gasteiger partial charge < -0.3 is 0 Å². The van der Waals surface area contributed by atoms with E-state index in [4.69, 9.17) is 0 Å². The first-order valence-corrected chi connectivity index (χ1v) is 49.2. The van der Waals surface area contributed by atoms with Crippen molar-refractivity contribution in [1.29, 1.82) is 0 Å². The topological polar surface area (TPSA) is 0 Å². The van der Waals surface area contributed by atoms with Crippen molar-refractivity contribution in [2.24, 2.45) is 0 Å². The fourth-order valence-electron chi connectivity index (χ4n) is 19.4. The normalized spacial score (nSPS) is 12.4. The third kappa shape index (κ3) is 21.1. The first-order valence-electron chi connectivity index (χ1n) is 45.2. The minimum atomic E-state index is 0. The summed E-state index contributed by atoms with van der Waals surface area (Å²) in [6.07, 6.45) is 6.43. The maximum absolute atomic E-state index is 3.57. The number of hydrogen-bond acceptors (Lipinski definition) is 0. The van der Waals surface area contributed by atoms with Crippen LogP contribution in [0.5, 0.6) is 0 Å². The standard InChI is InChI=1S/C34H23P.C33H21P.2C30H21P.4Y/c1-3-13-31-24(8-1)10-6-12-28(31)20-23-7-5-11-26(19-23)27-17-18-33-30(21-27)22-29-16-15-25-9-2-4-14-32(25)34(29)35-33;1-2-9-26-20-23(12-13-24(26)7-1)18-22-6-5-10-27(19-22)28-15-16-31-30(21-28)33-29-11-4-3-8-25(29)14-17-32(33)34-31;2*1-2-8-24-18-22(12-13-23(24)7-1)16-21-6-5-10-25(17-21)26-14-15-30-28(19-26)20-27-9-3-4-11-29(27)31-30;;;;/h1-6,8-11,13-19,21,35H,20,22H2;1-5,7-11,13-17,19-21,34H,18H2;1-5,7-11,13-15,17-19,31H,16,20H2;1-5,7-15,17,19,31H,16,20H2;;;;/q4*-2;;;;. The summed E-state index contributed by atoms with van der Waals surface area (Å²) in [6.45, 7) is 0. The van der Waals surface area contributed by atoms with Crippen molar-refractivity contribution in [3.8, 4) is 44.5 Å². The van der Waals surface area contributed by atoms with Crippen molar-refractivity contribution in [2.45, 2.75) is 44.9 Å². The fraction of sp³-hybridized carbons (Fsp3) is 0.0551. The summed E-state index contributed by atoms with van der Waals surface area (Å²) in [5.74, 6) is 0. The molecule has 0 saturated carbocycles. The molecule has 8 heteroatoms. The molecule has 22 aromatic carbocycles. The van der Waals surface area contributed by atoms with Gasteiger partial charge in [-0.3, -0.25) is 0 Å². The van der Waals surface area contributed by atoms with Gasteiger partial charge in [-0.15, -0.1) is 128 Å². The van der Waals surface area contributed by atoms with Gasteiger partial charge in [0.25, 0.3) is 0 Å².